The Labute approximate surface area is 136 Å². The lowest BCUT2D eigenvalue weighted by Gasteiger charge is -2.18. The fourth-order valence-electron chi connectivity index (χ4n) is 2.91. The van der Waals surface area contributed by atoms with E-state index >= 15 is 0 Å². The van der Waals surface area contributed by atoms with Crippen molar-refractivity contribution in [2.24, 2.45) is 5.73 Å². The molecule has 1 amide bonds. The molecule has 0 bridgehead atoms. The highest BCUT2D eigenvalue weighted by molar-refractivity contribution is 5.94. The number of nitrogens with two attached hydrogens (primary N) is 1. The normalized spacial score (nSPS) is 13.9. The molecule has 5 heteroatoms. The standard InChI is InChI=1S/C18H24N4O/c1-12-7-9-13(10-8-12)22-15-6-4-5-14(15)16(21-22)17(23)20-11-18(2,3)19/h7-10H,4-6,11,19H2,1-3H3,(H,20,23). The van der Waals surface area contributed by atoms with E-state index in [1.165, 1.54) is 5.56 Å². The number of amides is 1. The van der Waals surface area contributed by atoms with Crippen LogP contribution in [0.25, 0.3) is 5.69 Å². The van der Waals surface area contributed by atoms with Gasteiger partial charge in [0, 0.05) is 23.3 Å². The molecule has 0 unspecified atom stereocenters. The second kappa shape index (κ2) is 5.81. The van der Waals surface area contributed by atoms with Gasteiger partial charge in [0.1, 0.15) is 0 Å². The fourth-order valence-corrected chi connectivity index (χ4v) is 2.91. The van der Waals surface area contributed by atoms with Gasteiger partial charge in [-0.25, -0.2) is 4.68 Å². The number of fused-ring (bicyclic) bond motifs is 1. The van der Waals surface area contributed by atoms with E-state index in [1.54, 1.807) is 0 Å². The van der Waals surface area contributed by atoms with Crippen LogP contribution in [-0.4, -0.2) is 27.8 Å². The van der Waals surface area contributed by atoms with Gasteiger partial charge in [-0.2, -0.15) is 5.10 Å². The summed E-state index contributed by atoms with van der Waals surface area (Å²) in [6.07, 6.45) is 2.95. The maximum atomic E-state index is 12.5. The molecule has 0 saturated carbocycles. The Kier molecular flexibility index (Phi) is 3.98. The van der Waals surface area contributed by atoms with E-state index in [0.717, 1.165) is 36.2 Å². The van der Waals surface area contributed by atoms with Crippen molar-refractivity contribution >= 4 is 5.91 Å². The van der Waals surface area contributed by atoms with E-state index in [0.29, 0.717) is 12.2 Å². The number of carbonyl (C=O) groups is 1. The third kappa shape index (κ3) is 3.29. The Morgan fingerprint density at radius 3 is 2.65 bits per heavy atom. The van der Waals surface area contributed by atoms with Gasteiger partial charge in [0.2, 0.25) is 0 Å². The average molecular weight is 312 g/mol. The topological polar surface area (TPSA) is 72.9 Å². The molecule has 3 rings (SSSR count). The summed E-state index contributed by atoms with van der Waals surface area (Å²) in [7, 11) is 0. The van der Waals surface area contributed by atoms with Crippen LogP contribution < -0.4 is 11.1 Å². The van der Waals surface area contributed by atoms with Crippen molar-refractivity contribution in [3.8, 4) is 5.69 Å². The zero-order chi connectivity index (χ0) is 16.6. The van der Waals surface area contributed by atoms with Crippen LogP contribution in [0.15, 0.2) is 24.3 Å². The van der Waals surface area contributed by atoms with E-state index in [2.05, 4.69) is 29.5 Å². The molecule has 1 heterocycles. The Hall–Kier alpha value is -2.14. The first-order chi connectivity index (χ1) is 10.8. The van der Waals surface area contributed by atoms with Crippen LogP contribution in [0.5, 0.6) is 0 Å². The molecule has 0 atom stereocenters. The molecule has 0 fully saturated rings. The zero-order valence-corrected chi connectivity index (χ0v) is 14.0. The van der Waals surface area contributed by atoms with Crippen molar-refractivity contribution in [3.05, 3.63) is 46.8 Å². The first kappa shape index (κ1) is 15.7. The van der Waals surface area contributed by atoms with Crippen LogP contribution in [0.1, 0.15) is 47.6 Å². The molecule has 0 aliphatic heterocycles. The largest absolute Gasteiger partial charge is 0.349 e. The highest BCUT2D eigenvalue weighted by Gasteiger charge is 2.27. The maximum Gasteiger partial charge on any atom is 0.272 e. The number of rotatable bonds is 4. The van der Waals surface area contributed by atoms with Gasteiger partial charge in [-0.3, -0.25) is 4.79 Å². The van der Waals surface area contributed by atoms with Gasteiger partial charge in [-0.15, -0.1) is 0 Å². The number of benzene rings is 1. The molecule has 0 saturated heterocycles. The smallest absolute Gasteiger partial charge is 0.272 e. The predicted octanol–water partition coefficient (Wildman–Crippen LogP) is 2.14. The summed E-state index contributed by atoms with van der Waals surface area (Å²) in [5.41, 5.74) is 10.5. The van der Waals surface area contributed by atoms with Crippen molar-refractivity contribution in [2.45, 2.75) is 45.6 Å². The summed E-state index contributed by atoms with van der Waals surface area (Å²) in [5.74, 6) is -0.132. The minimum absolute atomic E-state index is 0.132. The molecule has 1 aromatic carbocycles. The molecule has 1 aliphatic carbocycles. The van der Waals surface area contributed by atoms with Crippen molar-refractivity contribution in [3.63, 3.8) is 0 Å². The van der Waals surface area contributed by atoms with Gasteiger partial charge in [0.15, 0.2) is 5.69 Å². The van der Waals surface area contributed by atoms with Gasteiger partial charge in [0.05, 0.1) is 5.69 Å². The van der Waals surface area contributed by atoms with Crippen molar-refractivity contribution < 1.29 is 4.79 Å². The van der Waals surface area contributed by atoms with Gasteiger partial charge in [0.25, 0.3) is 5.91 Å². The molecule has 5 nitrogen and oxygen atoms in total. The van der Waals surface area contributed by atoms with Gasteiger partial charge in [-0.05, 0) is 52.2 Å². The summed E-state index contributed by atoms with van der Waals surface area (Å²) in [5, 5.41) is 7.50. The summed E-state index contributed by atoms with van der Waals surface area (Å²) >= 11 is 0. The molecular weight excluding hydrogens is 288 g/mol. The lowest BCUT2D eigenvalue weighted by molar-refractivity contribution is 0.0939. The molecule has 122 valence electrons. The number of hydrogen-bond donors (Lipinski definition) is 2. The van der Waals surface area contributed by atoms with E-state index in [4.69, 9.17) is 5.73 Å². The van der Waals surface area contributed by atoms with E-state index in [-0.39, 0.29) is 5.91 Å². The van der Waals surface area contributed by atoms with Crippen LogP contribution >= 0.6 is 0 Å². The van der Waals surface area contributed by atoms with Crippen LogP contribution in [-0.2, 0) is 12.8 Å². The van der Waals surface area contributed by atoms with Crippen molar-refractivity contribution in [1.82, 2.24) is 15.1 Å². The third-order valence-corrected chi connectivity index (χ3v) is 4.13. The summed E-state index contributed by atoms with van der Waals surface area (Å²) in [4.78, 5) is 12.5. The molecule has 0 radical (unpaired) electrons. The van der Waals surface area contributed by atoms with E-state index in [1.807, 2.05) is 30.7 Å². The number of carbonyl (C=O) groups excluding carboxylic acids is 1. The second-order valence-corrected chi connectivity index (χ2v) is 7.05. The molecular formula is C18H24N4O. The van der Waals surface area contributed by atoms with Crippen molar-refractivity contribution in [2.75, 3.05) is 6.54 Å². The molecule has 3 N–H and O–H groups in total. The minimum Gasteiger partial charge on any atom is -0.349 e. The number of aromatic nitrogens is 2. The first-order valence-corrected chi connectivity index (χ1v) is 8.10. The second-order valence-electron chi connectivity index (χ2n) is 7.05. The SMILES string of the molecule is Cc1ccc(-n2nc(C(=O)NCC(C)(C)N)c3c2CCC3)cc1. The maximum absolute atomic E-state index is 12.5. The lowest BCUT2D eigenvalue weighted by atomic mass is 10.1. The molecule has 23 heavy (non-hydrogen) atoms. The Balaban J connectivity index is 1.92. The quantitative estimate of drug-likeness (QED) is 0.908. The lowest BCUT2D eigenvalue weighted by Crippen LogP contribution is -2.45. The summed E-state index contributed by atoms with van der Waals surface area (Å²) in [6.45, 7) is 6.27. The number of nitrogens with one attached hydrogen (secondary N) is 1. The number of nitrogens with zero attached hydrogens (tertiary/aromatic N) is 2. The predicted molar refractivity (Wildman–Crippen MR) is 90.9 cm³/mol. The van der Waals surface area contributed by atoms with Crippen LogP contribution in [0, 0.1) is 6.92 Å². The van der Waals surface area contributed by atoms with E-state index in [9.17, 15) is 4.79 Å². The monoisotopic (exact) mass is 312 g/mol. The Morgan fingerprint density at radius 2 is 2.00 bits per heavy atom. The molecule has 1 aliphatic rings. The first-order valence-electron chi connectivity index (χ1n) is 8.10. The highest BCUT2D eigenvalue weighted by atomic mass is 16.2. The summed E-state index contributed by atoms with van der Waals surface area (Å²) in [6, 6.07) is 8.22. The van der Waals surface area contributed by atoms with Crippen LogP contribution in [0.2, 0.25) is 0 Å². The van der Waals surface area contributed by atoms with E-state index < -0.39 is 5.54 Å². The Morgan fingerprint density at radius 1 is 1.30 bits per heavy atom. The third-order valence-electron chi connectivity index (χ3n) is 4.13. The summed E-state index contributed by atoms with van der Waals surface area (Å²) < 4.78 is 1.92. The van der Waals surface area contributed by atoms with Crippen LogP contribution in [0.4, 0.5) is 0 Å². The molecule has 2 aromatic rings. The average Bonchev–Trinajstić information content (AvgIpc) is 3.07. The van der Waals surface area contributed by atoms with Crippen molar-refractivity contribution in [1.29, 1.82) is 0 Å². The Bertz CT molecular complexity index is 723. The van der Waals surface area contributed by atoms with Gasteiger partial charge in [-0.1, -0.05) is 17.7 Å². The van der Waals surface area contributed by atoms with Gasteiger partial charge < -0.3 is 11.1 Å². The number of aryl methyl sites for hydroxylation is 1. The van der Waals surface area contributed by atoms with Crippen LogP contribution in [0.3, 0.4) is 0 Å². The van der Waals surface area contributed by atoms with Gasteiger partial charge >= 0.3 is 0 Å². The minimum atomic E-state index is -0.432. The zero-order valence-electron chi connectivity index (χ0n) is 14.0. The number of hydrogen-bond acceptors (Lipinski definition) is 3. The molecule has 1 aromatic heterocycles. The molecule has 0 spiro atoms. The fraction of sp³-hybridized carbons (Fsp3) is 0.444. The highest BCUT2D eigenvalue weighted by Crippen LogP contribution is 2.27.